The molecule has 0 amide bonds. The summed E-state index contributed by atoms with van der Waals surface area (Å²) in [5, 5.41) is 6.33. The Morgan fingerprint density at radius 2 is 1.97 bits per heavy atom. The maximum atomic E-state index is 12.1. The molecule has 0 bridgehead atoms. The van der Waals surface area contributed by atoms with E-state index < -0.39 is 12.8 Å². The smallest absolute Gasteiger partial charge is 0.373 e. The van der Waals surface area contributed by atoms with Crippen LogP contribution in [0.25, 0.3) is 0 Å². The van der Waals surface area contributed by atoms with Crippen LogP contribution >= 0.6 is 24.0 Å². The molecule has 1 aromatic carbocycles. The zero-order valence-corrected chi connectivity index (χ0v) is 20.0. The minimum Gasteiger partial charge on any atom is -0.373 e. The normalized spacial score (nSPS) is 19.8. The van der Waals surface area contributed by atoms with Crippen molar-refractivity contribution >= 4 is 29.9 Å². The van der Waals surface area contributed by atoms with Crippen LogP contribution in [0.4, 0.5) is 13.2 Å². The quantitative estimate of drug-likeness (QED) is 0.207. The number of aliphatic imine (C=N–C) groups is 1. The number of nitrogens with zero attached hydrogens (tertiary/aromatic N) is 1. The van der Waals surface area contributed by atoms with Crippen molar-refractivity contribution in [1.82, 2.24) is 10.6 Å². The molecule has 0 saturated carbocycles. The standard InChI is InChI=1S/C21H32F3N3O2.HI/c1-3-25-20(26-11-5-12-28-15-21(22,23)24)27-14-18-6-4-13-29-19(18)17-9-7-16(2)8-10-17;/h7-10,18-19H,3-6,11-15H2,1-2H3,(H2,25,26,27);1H. The summed E-state index contributed by atoms with van der Waals surface area (Å²) >= 11 is 0. The predicted molar refractivity (Wildman–Crippen MR) is 123 cm³/mol. The van der Waals surface area contributed by atoms with Crippen molar-refractivity contribution in [2.75, 3.05) is 39.5 Å². The van der Waals surface area contributed by atoms with Gasteiger partial charge < -0.3 is 20.1 Å². The molecule has 0 spiro atoms. The number of benzene rings is 1. The summed E-state index contributed by atoms with van der Waals surface area (Å²) in [5.74, 6) is 0.952. The third-order valence-electron chi connectivity index (χ3n) is 4.70. The molecule has 1 saturated heterocycles. The van der Waals surface area contributed by atoms with Gasteiger partial charge in [-0.1, -0.05) is 29.8 Å². The van der Waals surface area contributed by atoms with Crippen molar-refractivity contribution in [1.29, 1.82) is 0 Å². The lowest BCUT2D eigenvalue weighted by molar-refractivity contribution is -0.173. The fraction of sp³-hybridized carbons (Fsp3) is 0.667. The molecule has 0 aromatic heterocycles. The molecule has 1 fully saturated rings. The molecule has 2 N–H and O–H groups in total. The number of ether oxygens (including phenoxy) is 2. The van der Waals surface area contributed by atoms with Crippen LogP contribution in [0, 0.1) is 12.8 Å². The topological polar surface area (TPSA) is 54.9 Å². The minimum atomic E-state index is -4.28. The van der Waals surface area contributed by atoms with Crippen molar-refractivity contribution in [3.05, 3.63) is 35.4 Å². The highest BCUT2D eigenvalue weighted by Gasteiger charge is 2.28. The van der Waals surface area contributed by atoms with Crippen LogP contribution in [0.5, 0.6) is 0 Å². The Bertz CT molecular complexity index is 627. The first-order valence-corrected chi connectivity index (χ1v) is 10.2. The molecule has 1 aliphatic rings. The molecule has 1 heterocycles. The van der Waals surface area contributed by atoms with E-state index in [2.05, 4.69) is 51.6 Å². The van der Waals surface area contributed by atoms with Gasteiger partial charge in [-0.05, 0) is 38.7 Å². The molecule has 0 aliphatic carbocycles. The maximum absolute atomic E-state index is 12.1. The van der Waals surface area contributed by atoms with Crippen LogP contribution in [0.3, 0.4) is 0 Å². The Labute approximate surface area is 194 Å². The molecule has 0 radical (unpaired) electrons. The number of hydrogen-bond acceptors (Lipinski definition) is 3. The second kappa shape index (κ2) is 14.1. The fourth-order valence-electron chi connectivity index (χ4n) is 3.27. The number of halogens is 4. The van der Waals surface area contributed by atoms with Crippen LogP contribution < -0.4 is 10.6 Å². The van der Waals surface area contributed by atoms with Crippen molar-refractivity contribution in [2.45, 2.75) is 45.4 Å². The molecule has 30 heavy (non-hydrogen) atoms. The Hall–Kier alpha value is -1.07. The average Bonchev–Trinajstić information content (AvgIpc) is 2.69. The van der Waals surface area contributed by atoms with Crippen LogP contribution in [0.1, 0.15) is 43.4 Å². The highest BCUT2D eigenvalue weighted by atomic mass is 127. The lowest BCUT2D eigenvalue weighted by Gasteiger charge is -2.31. The molecule has 172 valence electrons. The second-order valence-electron chi connectivity index (χ2n) is 7.27. The van der Waals surface area contributed by atoms with Crippen molar-refractivity contribution < 1.29 is 22.6 Å². The summed E-state index contributed by atoms with van der Waals surface area (Å²) in [6.07, 6.45) is -1.71. The van der Waals surface area contributed by atoms with E-state index in [1.54, 1.807) is 0 Å². The first-order valence-electron chi connectivity index (χ1n) is 10.2. The molecule has 9 heteroatoms. The van der Waals surface area contributed by atoms with Crippen molar-refractivity contribution in [3.63, 3.8) is 0 Å². The van der Waals surface area contributed by atoms with Crippen LogP contribution in [0.2, 0.25) is 0 Å². The molecule has 1 aliphatic heterocycles. The van der Waals surface area contributed by atoms with E-state index in [0.29, 0.717) is 32.0 Å². The van der Waals surface area contributed by atoms with E-state index in [-0.39, 0.29) is 42.6 Å². The van der Waals surface area contributed by atoms with Crippen molar-refractivity contribution in [2.24, 2.45) is 10.9 Å². The number of aryl methyl sites for hydroxylation is 1. The molecule has 5 nitrogen and oxygen atoms in total. The van der Waals surface area contributed by atoms with Gasteiger partial charge in [0.05, 0.1) is 6.10 Å². The van der Waals surface area contributed by atoms with E-state index in [1.807, 2.05) is 6.92 Å². The monoisotopic (exact) mass is 543 g/mol. The van der Waals surface area contributed by atoms with Gasteiger partial charge in [0.1, 0.15) is 6.61 Å². The highest BCUT2D eigenvalue weighted by Crippen LogP contribution is 2.33. The lowest BCUT2D eigenvalue weighted by atomic mass is 9.89. The second-order valence-corrected chi connectivity index (χ2v) is 7.27. The average molecular weight is 543 g/mol. The van der Waals surface area contributed by atoms with Gasteiger partial charge in [-0.2, -0.15) is 13.2 Å². The first-order chi connectivity index (χ1) is 13.9. The van der Waals surface area contributed by atoms with Gasteiger partial charge in [0.25, 0.3) is 0 Å². The Morgan fingerprint density at radius 1 is 1.23 bits per heavy atom. The third-order valence-corrected chi connectivity index (χ3v) is 4.70. The summed E-state index contributed by atoms with van der Waals surface area (Å²) in [7, 11) is 0. The van der Waals surface area contributed by atoms with Crippen molar-refractivity contribution in [3.8, 4) is 0 Å². The SMILES string of the molecule is CCNC(=NCC1CCCOC1c1ccc(C)cc1)NCCCOCC(F)(F)F.I. The molecule has 2 unspecified atom stereocenters. The number of guanidine groups is 1. The first kappa shape index (κ1) is 27.0. The largest absolute Gasteiger partial charge is 0.411 e. The van der Waals surface area contributed by atoms with E-state index in [1.165, 1.54) is 11.1 Å². The lowest BCUT2D eigenvalue weighted by Crippen LogP contribution is -2.39. The van der Waals surface area contributed by atoms with Gasteiger partial charge in [0, 0.05) is 38.8 Å². The summed E-state index contributed by atoms with van der Waals surface area (Å²) < 4.78 is 46.9. The van der Waals surface area contributed by atoms with E-state index in [9.17, 15) is 13.2 Å². The number of rotatable bonds is 9. The van der Waals surface area contributed by atoms with Crippen LogP contribution in [-0.2, 0) is 9.47 Å². The Balaban J connectivity index is 0.00000450. The summed E-state index contributed by atoms with van der Waals surface area (Å²) in [5.41, 5.74) is 2.40. The number of hydrogen-bond donors (Lipinski definition) is 2. The Morgan fingerprint density at radius 3 is 2.63 bits per heavy atom. The number of alkyl halides is 3. The van der Waals surface area contributed by atoms with Gasteiger partial charge in [0.2, 0.25) is 0 Å². The zero-order chi connectivity index (χ0) is 21.1. The highest BCUT2D eigenvalue weighted by molar-refractivity contribution is 14.0. The molecule has 2 rings (SSSR count). The molecular weight excluding hydrogens is 510 g/mol. The molecular formula is C21H33F3IN3O2. The van der Waals surface area contributed by atoms with Gasteiger partial charge in [-0.25, -0.2) is 0 Å². The fourth-order valence-corrected chi connectivity index (χ4v) is 3.27. The van der Waals surface area contributed by atoms with Gasteiger partial charge >= 0.3 is 6.18 Å². The Kier molecular flexibility index (Phi) is 12.7. The zero-order valence-electron chi connectivity index (χ0n) is 17.6. The van der Waals surface area contributed by atoms with Gasteiger partial charge in [-0.15, -0.1) is 24.0 Å². The third kappa shape index (κ3) is 10.3. The summed E-state index contributed by atoms with van der Waals surface area (Å²) in [6, 6.07) is 8.43. The van der Waals surface area contributed by atoms with Crippen LogP contribution in [0.15, 0.2) is 29.3 Å². The molecule has 1 aromatic rings. The summed E-state index contributed by atoms with van der Waals surface area (Å²) in [6.45, 7) is 5.47. The maximum Gasteiger partial charge on any atom is 0.411 e. The van der Waals surface area contributed by atoms with Crippen LogP contribution in [-0.4, -0.2) is 51.6 Å². The number of nitrogens with one attached hydrogen (secondary N) is 2. The molecule has 2 atom stereocenters. The minimum absolute atomic E-state index is 0. The summed E-state index contributed by atoms with van der Waals surface area (Å²) in [4.78, 5) is 4.68. The predicted octanol–water partition coefficient (Wildman–Crippen LogP) is 4.60. The van der Waals surface area contributed by atoms with Gasteiger partial charge in [-0.3, -0.25) is 4.99 Å². The van der Waals surface area contributed by atoms with E-state index in [4.69, 9.17) is 4.74 Å². The van der Waals surface area contributed by atoms with E-state index >= 15 is 0 Å². The van der Waals surface area contributed by atoms with Gasteiger partial charge in [0.15, 0.2) is 5.96 Å². The van der Waals surface area contributed by atoms with E-state index in [0.717, 1.165) is 19.4 Å².